The fraction of sp³-hybridized carbons (Fsp3) is 0.556. The third kappa shape index (κ3) is 3.24. The van der Waals surface area contributed by atoms with Gasteiger partial charge in [0.1, 0.15) is 11.4 Å². The van der Waals surface area contributed by atoms with Gasteiger partial charge in [-0.05, 0) is 37.8 Å². The summed E-state index contributed by atoms with van der Waals surface area (Å²) in [5.41, 5.74) is 12.8. The van der Waals surface area contributed by atoms with Crippen LogP contribution in [0.15, 0.2) is 28.2 Å². The number of nitrogens with two attached hydrogens (primary N) is 2. The molecule has 1 saturated heterocycles. The molecular weight excluding hydrogens is 362 g/mol. The Morgan fingerprint density at radius 3 is 2.54 bits per heavy atom. The Morgan fingerprint density at radius 2 is 1.86 bits per heavy atom. The van der Waals surface area contributed by atoms with Gasteiger partial charge in [-0.15, -0.1) is 0 Å². The second-order valence-electron chi connectivity index (χ2n) is 7.35. The number of hydrogen-bond acceptors (Lipinski definition) is 9. The van der Waals surface area contributed by atoms with Crippen molar-refractivity contribution in [2.75, 3.05) is 36.1 Å². The number of morpholine rings is 1. The van der Waals surface area contributed by atoms with E-state index >= 15 is 0 Å². The first-order chi connectivity index (χ1) is 13.5. The number of anilines is 2. The lowest BCUT2D eigenvalue weighted by molar-refractivity contribution is -0.384. The molecule has 0 bridgehead atoms. The monoisotopic (exact) mass is 387 g/mol. The molecule has 0 unspecified atom stereocenters. The second-order valence-corrected chi connectivity index (χ2v) is 7.35. The van der Waals surface area contributed by atoms with Gasteiger partial charge < -0.3 is 21.1 Å². The molecule has 1 aromatic rings. The summed E-state index contributed by atoms with van der Waals surface area (Å²) < 4.78 is 5.36. The number of nitro benzene ring substituents is 1. The van der Waals surface area contributed by atoms with Gasteiger partial charge in [-0.25, -0.2) is 4.99 Å². The quantitative estimate of drug-likeness (QED) is 0.593. The smallest absolute Gasteiger partial charge is 0.294 e. The maximum absolute atomic E-state index is 11.8. The SMILES string of the molecule is NC1=NC2(CCCCC2)N(c2ccc(N3CCOCC3)c([N+](=O)[O-])c2)C(N)=N1. The first kappa shape index (κ1) is 18.5. The number of aliphatic imine (C=N–C) groups is 2. The van der Waals surface area contributed by atoms with Crippen LogP contribution in [0.4, 0.5) is 17.1 Å². The van der Waals surface area contributed by atoms with E-state index in [0.29, 0.717) is 37.7 Å². The van der Waals surface area contributed by atoms with Crippen LogP contribution in [0.5, 0.6) is 0 Å². The summed E-state index contributed by atoms with van der Waals surface area (Å²) >= 11 is 0. The number of nitrogens with zero attached hydrogens (tertiary/aromatic N) is 5. The summed E-state index contributed by atoms with van der Waals surface area (Å²) in [5, 5.41) is 11.8. The maximum atomic E-state index is 11.8. The van der Waals surface area contributed by atoms with Crippen LogP contribution in [-0.2, 0) is 4.74 Å². The number of rotatable bonds is 3. The topological polar surface area (TPSA) is 136 Å². The van der Waals surface area contributed by atoms with E-state index in [1.54, 1.807) is 12.1 Å². The van der Waals surface area contributed by atoms with Crippen molar-refractivity contribution in [1.29, 1.82) is 0 Å². The zero-order chi connectivity index (χ0) is 19.7. The molecule has 1 saturated carbocycles. The van der Waals surface area contributed by atoms with Crippen LogP contribution < -0.4 is 21.3 Å². The average molecular weight is 387 g/mol. The minimum atomic E-state index is -0.623. The molecule has 1 aliphatic carbocycles. The van der Waals surface area contributed by atoms with Gasteiger partial charge >= 0.3 is 0 Å². The molecule has 2 fully saturated rings. The van der Waals surface area contributed by atoms with Crippen molar-refractivity contribution in [2.24, 2.45) is 21.5 Å². The lowest BCUT2D eigenvalue weighted by Crippen LogP contribution is -2.58. The molecule has 2 heterocycles. The van der Waals surface area contributed by atoms with Crippen LogP contribution in [0.25, 0.3) is 0 Å². The Kier molecular flexibility index (Phi) is 4.80. The van der Waals surface area contributed by atoms with Crippen LogP contribution in [0.1, 0.15) is 32.1 Å². The summed E-state index contributed by atoms with van der Waals surface area (Å²) in [6, 6.07) is 5.21. The minimum Gasteiger partial charge on any atom is -0.378 e. The summed E-state index contributed by atoms with van der Waals surface area (Å²) in [6.45, 7) is 2.36. The van der Waals surface area contributed by atoms with Gasteiger partial charge in [-0.1, -0.05) is 6.42 Å². The minimum absolute atomic E-state index is 0.0423. The standard InChI is InChI=1S/C18H25N7O3/c19-16-21-17(20)24(18(22-16)6-2-1-3-7-18)13-4-5-14(15(12-13)25(26)27)23-8-10-28-11-9-23/h4-5,12H,1-3,6-11H2,(H4,19,20,21,22). The first-order valence-electron chi connectivity index (χ1n) is 9.61. The van der Waals surface area contributed by atoms with E-state index in [2.05, 4.69) is 9.98 Å². The first-order valence-corrected chi connectivity index (χ1v) is 9.61. The Hall–Kier alpha value is -2.88. The van der Waals surface area contributed by atoms with Crippen molar-refractivity contribution in [2.45, 2.75) is 37.8 Å². The van der Waals surface area contributed by atoms with Crippen molar-refractivity contribution in [3.05, 3.63) is 28.3 Å². The van der Waals surface area contributed by atoms with Gasteiger partial charge in [0.15, 0.2) is 0 Å². The molecule has 0 amide bonds. The number of guanidine groups is 2. The fourth-order valence-electron chi connectivity index (χ4n) is 4.36. The molecule has 150 valence electrons. The van der Waals surface area contributed by atoms with Crippen molar-refractivity contribution in [1.82, 2.24) is 0 Å². The second kappa shape index (κ2) is 7.27. The Bertz CT molecular complexity index is 826. The molecule has 0 radical (unpaired) electrons. The zero-order valence-electron chi connectivity index (χ0n) is 15.7. The number of nitro groups is 1. The highest BCUT2D eigenvalue weighted by atomic mass is 16.6. The molecule has 0 atom stereocenters. The predicted octanol–water partition coefficient (Wildman–Crippen LogP) is 1.54. The van der Waals surface area contributed by atoms with E-state index in [1.165, 1.54) is 0 Å². The Balaban J connectivity index is 1.76. The van der Waals surface area contributed by atoms with E-state index in [0.717, 1.165) is 32.1 Å². The van der Waals surface area contributed by atoms with Gasteiger partial charge in [0.05, 0.1) is 23.8 Å². The molecular formula is C18H25N7O3. The third-order valence-electron chi connectivity index (χ3n) is 5.62. The summed E-state index contributed by atoms with van der Waals surface area (Å²) in [5.74, 6) is 0.387. The summed E-state index contributed by atoms with van der Waals surface area (Å²) in [4.78, 5) is 24.0. The van der Waals surface area contributed by atoms with Crippen LogP contribution in [0, 0.1) is 10.1 Å². The zero-order valence-corrected chi connectivity index (χ0v) is 15.7. The van der Waals surface area contributed by atoms with E-state index in [-0.39, 0.29) is 22.5 Å². The highest BCUT2D eigenvalue weighted by molar-refractivity contribution is 6.06. The highest BCUT2D eigenvalue weighted by Gasteiger charge is 2.43. The Labute approximate surface area is 163 Å². The lowest BCUT2D eigenvalue weighted by Gasteiger charge is -2.45. The van der Waals surface area contributed by atoms with Gasteiger partial charge in [-0.3, -0.25) is 15.0 Å². The number of benzene rings is 1. The van der Waals surface area contributed by atoms with Gasteiger partial charge in [0.2, 0.25) is 11.9 Å². The molecule has 2 aliphatic heterocycles. The lowest BCUT2D eigenvalue weighted by atomic mass is 9.87. The summed E-state index contributed by atoms with van der Waals surface area (Å²) in [7, 11) is 0. The molecule has 0 aromatic heterocycles. The predicted molar refractivity (Wildman–Crippen MR) is 108 cm³/mol. The van der Waals surface area contributed by atoms with Crippen molar-refractivity contribution in [3.8, 4) is 0 Å². The Morgan fingerprint density at radius 1 is 1.14 bits per heavy atom. The van der Waals surface area contributed by atoms with Crippen LogP contribution in [0.3, 0.4) is 0 Å². The van der Waals surface area contributed by atoms with E-state index in [9.17, 15) is 10.1 Å². The number of hydrogen-bond donors (Lipinski definition) is 2. The molecule has 4 N–H and O–H groups in total. The molecule has 28 heavy (non-hydrogen) atoms. The summed E-state index contributed by atoms with van der Waals surface area (Å²) in [6.07, 6.45) is 4.67. The van der Waals surface area contributed by atoms with Crippen LogP contribution in [-0.4, -0.2) is 48.8 Å². The number of ether oxygens (including phenoxy) is 1. The van der Waals surface area contributed by atoms with Crippen molar-refractivity contribution >= 4 is 29.0 Å². The molecule has 1 spiro atoms. The molecule has 10 nitrogen and oxygen atoms in total. The largest absolute Gasteiger partial charge is 0.378 e. The van der Waals surface area contributed by atoms with Crippen LogP contribution >= 0.6 is 0 Å². The molecule has 10 heteroatoms. The maximum Gasteiger partial charge on any atom is 0.294 e. The van der Waals surface area contributed by atoms with E-state index < -0.39 is 5.66 Å². The molecule has 4 rings (SSSR count). The van der Waals surface area contributed by atoms with Crippen molar-refractivity contribution < 1.29 is 9.66 Å². The van der Waals surface area contributed by atoms with Gasteiger partial charge in [0.25, 0.3) is 5.69 Å². The average Bonchev–Trinajstić information content (AvgIpc) is 2.68. The van der Waals surface area contributed by atoms with Crippen LogP contribution in [0.2, 0.25) is 0 Å². The normalized spacial score (nSPS) is 22.0. The third-order valence-corrected chi connectivity index (χ3v) is 5.62. The molecule has 1 aromatic carbocycles. The van der Waals surface area contributed by atoms with Crippen molar-refractivity contribution in [3.63, 3.8) is 0 Å². The fourth-order valence-corrected chi connectivity index (χ4v) is 4.36. The highest BCUT2D eigenvalue weighted by Crippen LogP contribution is 2.41. The van der Waals surface area contributed by atoms with Gasteiger partial charge in [0, 0.05) is 19.2 Å². The molecule has 3 aliphatic rings. The van der Waals surface area contributed by atoms with E-state index in [4.69, 9.17) is 16.2 Å². The van der Waals surface area contributed by atoms with E-state index in [1.807, 2.05) is 15.9 Å². The van der Waals surface area contributed by atoms with Gasteiger partial charge in [-0.2, -0.15) is 4.99 Å².